The Morgan fingerprint density at radius 1 is 1.09 bits per heavy atom. The molecule has 0 aliphatic carbocycles. The van der Waals surface area contributed by atoms with Gasteiger partial charge in [0.1, 0.15) is 12.1 Å². The summed E-state index contributed by atoms with van der Waals surface area (Å²) in [6.45, 7) is 0.207. The number of amides is 3. The number of phenols is 1. The number of carbonyl (C=O) groups excluding carboxylic acids is 2. The fourth-order valence-electron chi connectivity index (χ4n) is 5.26. The van der Waals surface area contributed by atoms with E-state index in [-0.39, 0.29) is 24.2 Å². The number of aromatic nitrogens is 1. The van der Waals surface area contributed by atoms with Gasteiger partial charge in [0.05, 0.1) is 13.7 Å². The number of rotatable bonds is 4. The Labute approximate surface area is 210 Å². The lowest BCUT2D eigenvalue weighted by atomic mass is 9.88. The van der Waals surface area contributed by atoms with Crippen LogP contribution in [0.2, 0.25) is 0 Å². The molecule has 1 fully saturated rings. The molecule has 7 nitrogen and oxygen atoms in total. The number of nitrogens with one attached hydrogen (secondary N) is 1. The molecule has 2 atom stereocenters. The number of hydrogen-bond acceptors (Lipinski definition) is 4. The number of aromatic hydroxyl groups is 1. The summed E-state index contributed by atoms with van der Waals surface area (Å²) in [5, 5.41) is 11.2. The molecular formula is C27H22BrN3O4. The van der Waals surface area contributed by atoms with Gasteiger partial charge < -0.3 is 14.8 Å². The van der Waals surface area contributed by atoms with Gasteiger partial charge in [0, 0.05) is 27.5 Å². The SMILES string of the molecule is COc1cc([C@@H]2c3[nH]c4ccccc4c3C[C@H]3C(=O)N(Cc4ccc(Br)cc4)C(=O)N23)ccc1O. The van der Waals surface area contributed by atoms with E-state index < -0.39 is 12.1 Å². The number of methoxy groups -OCH3 is 1. The zero-order chi connectivity index (χ0) is 24.3. The number of aromatic amines is 1. The van der Waals surface area contributed by atoms with E-state index in [0.717, 1.165) is 37.8 Å². The predicted molar refractivity (Wildman–Crippen MR) is 134 cm³/mol. The standard InChI is InChI=1S/C27H22BrN3O4/c1-35-23-12-16(8-11-22(23)32)25-24-19(18-4-2-3-5-20(18)29-24)13-21-26(33)30(27(34)31(21)25)14-15-6-9-17(28)10-7-15/h2-12,21,25,29,32H,13-14H2,1H3/t21-,25+/m0/s1. The maximum Gasteiger partial charge on any atom is 0.328 e. The van der Waals surface area contributed by atoms with Crippen molar-refractivity contribution in [1.82, 2.24) is 14.8 Å². The minimum atomic E-state index is -0.616. The van der Waals surface area contributed by atoms with Gasteiger partial charge in [0.15, 0.2) is 11.5 Å². The molecule has 0 radical (unpaired) electrons. The summed E-state index contributed by atoms with van der Waals surface area (Å²) in [6.07, 6.45) is 0.437. The smallest absolute Gasteiger partial charge is 0.328 e. The number of para-hydroxylation sites is 1. The Balaban J connectivity index is 1.48. The first-order chi connectivity index (χ1) is 17.0. The summed E-state index contributed by atoms with van der Waals surface area (Å²) in [5.41, 5.74) is 4.50. The number of carbonyl (C=O) groups is 2. The minimum Gasteiger partial charge on any atom is -0.504 e. The van der Waals surface area contributed by atoms with Crippen LogP contribution in [0.4, 0.5) is 4.79 Å². The van der Waals surface area contributed by atoms with Gasteiger partial charge in [-0.25, -0.2) is 4.79 Å². The predicted octanol–water partition coefficient (Wildman–Crippen LogP) is 5.12. The molecule has 35 heavy (non-hydrogen) atoms. The lowest BCUT2D eigenvalue weighted by Gasteiger charge is -2.36. The van der Waals surface area contributed by atoms with Crippen LogP contribution in [0.15, 0.2) is 71.2 Å². The van der Waals surface area contributed by atoms with Crippen LogP contribution in [0.1, 0.15) is 28.4 Å². The highest BCUT2D eigenvalue weighted by Gasteiger charge is 2.52. The highest BCUT2D eigenvalue weighted by Crippen LogP contribution is 2.45. The molecule has 0 unspecified atom stereocenters. The van der Waals surface area contributed by atoms with Gasteiger partial charge in [0.25, 0.3) is 5.91 Å². The molecular weight excluding hydrogens is 510 g/mol. The van der Waals surface area contributed by atoms with E-state index in [1.54, 1.807) is 23.1 Å². The molecule has 3 aromatic carbocycles. The van der Waals surface area contributed by atoms with E-state index in [9.17, 15) is 14.7 Å². The van der Waals surface area contributed by atoms with Crippen molar-refractivity contribution in [3.05, 3.63) is 93.6 Å². The molecule has 3 amide bonds. The highest BCUT2D eigenvalue weighted by atomic mass is 79.9. The van der Waals surface area contributed by atoms with Crippen LogP contribution in [0, 0.1) is 0 Å². The van der Waals surface area contributed by atoms with Gasteiger partial charge in [-0.3, -0.25) is 14.6 Å². The van der Waals surface area contributed by atoms with Crippen molar-refractivity contribution >= 4 is 38.8 Å². The van der Waals surface area contributed by atoms with Crippen LogP contribution in [0.25, 0.3) is 10.9 Å². The Morgan fingerprint density at radius 2 is 1.86 bits per heavy atom. The average Bonchev–Trinajstić information content (AvgIpc) is 3.35. The van der Waals surface area contributed by atoms with E-state index in [4.69, 9.17) is 4.74 Å². The van der Waals surface area contributed by atoms with E-state index >= 15 is 0 Å². The molecule has 0 bridgehead atoms. The fraction of sp³-hybridized carbons (Fsp3) is 0.185. The second kappa shape index (κ2) is 8.16. The number of nitrogens with zero attached hydrogens (tertiary/aromatic N) is 2. The van der Waals surface area contributed by atoms with E-state index in [0.29, 0.717) is 12.2 Å². The highest BCUT2D eigenvalue weighted by molar-refractivity contribution is 9.10. The number of H-pyrrole nitrogens is 1. The fourth-order valence-corrected chi connectivity index (χ4v) is 5.52. The van der Waals surface area contributed by atoms with Crippen molar-refractivity contribution in [3.8, 4) is 11.5 Å². The molecule has 8 heteroatoms. The van der Waals surface area contributed by atoms with Crippen molar-refractivity contribution in [3.63, 3.8) is 0 Å². The summed E-state index contributed by atoms with van der Waals surface area (Å²) >= 11 is 3.43. The first-order valence-corrected chi connectivity index (χ1v) is 12.1. The Kier molecular flexibility index (Phi) is 5.07. The molecule has 2 aliphatic heterocycles. The molecule has 0 saturated carbocycles. The molecule has 0 spiro atoms. The van der Waals surface area contributed by atoms with Crippen LogP contribution < -0.4 is 4.74 Å². The molecule has 6 rings (SSSR count). The Bertz CT molecular complexity index is 1480. The second-order valence-electron chi connectivity index (χ2n) is 8.86. The molecule has 1 aromatic heterocycles. The summed E-state index contributed by atoms with van der Waals surface area (Å²) in [6, 6.07) is 19.2. The average molecular weight is 532 g/mol. The van der Waals surface area contributed by atoms with Gasteiger partial charge in [-0.15, -0.1) is 0 Å². The van der Waals surface area contributed by atoms with Crippen molar-refractivity contribution < 1.29 is 19.4 Å². The third-order valence-electron chi connectivity index (χ3n) is 6.91. The second-order valence-corrected chi connectivity index (χ2v) is 9.77. The number of imide groups is 1. The molecule has 2 aliphatic rings. The monoisotopic (exact) mass is 531 g/mol. The zero-order valence-electron chi connectivity index (χ0n) is 18.9. The van der Waals surface area contributed by atoms with Crippen molar-refractivity contribution in [2.45, 2.75) is 25.0 Å². The molecule has 2 N–H and O–H groups in total. The number of ether oxygens (including phenoxy) is 1. The van der Waals surface area contributed by atoms with Gasteiger partial charge in [-0.05, 0) is 47.0 Å². The van der Waals surface area contributed by atoms with Crippen LogP contribution in [-0.4, -0.2) is 45.0 Å². The maximum atomic E-state index is 13.8. The first kappa shape index (κ1) is 21.7. The van der Waals surface area contributed by atoms with Gasteiger partial charge in [-0.1, -0.05) is 52.3 Å². The van der Waals surface area contributed by atoms with Gasteiger partial charge >= 0.3 is 6.03 Å². The topological polar surface area (TPSA) is 85.9 Å². The van der Waals surface area contributed by atoms with Crippen molar-refractivity contribution in [1.29, 1.82) is 0 Å². The summed E-state index contributed by atoms with van der Waals surface area (Å²) in [5.74, 6) is 0.123. The lowest BCUT2D eigenvalue weighted by molar-refractivity contribution is -0.129. The zero-order valence-corrected chi connectivity index (χ0v) is 20.5. The largest absolute Gasteiger partial charge is 0.504 e. The lowest BCUT2D eigenvalue weighted by Crippen LogP contribution is -2.44. The van der Waals surface area contributed by atoms with Gasteiger partial charge in [0.2, 0.25) is 0 Å². The quantitative estimate of drug-likeness (QED) is 0.357. The van der Waals surface area contributed by atoms with Gasteiger partial charge in [-0.2, -0.15) is 0 Å². The third kappa shape index (κ3) is 3.39. The number of halogens is 1. The van der Waals surface area contributed by atoms with E-state index in [1.807, 2.05) is 48.5 Å². The maximum absolute atomic E-state index is 13.8. The van der Waals surface area contributed by atoms with E-state index in [1.165, 1.54) is 12.0 Å². The van der Waals surface area contributed by atoms with Crippen molar-refractivity contribution in [2.75, 3.05) is 7.11 Å². The normalized spacial score (nSPS) is 19.3. The number of hydrogen-bond donors (Lipinski definition) is 2. The number of fused-ring (bicyclic) bond motifs is 4. The van der Waals surface area contributed by atoms with E-state index in [2.05, 4.69) is 20.9 Å². The van der Waals surface area contributed by atoms with Crippen LogP contribution in [0.5, 0.6) is 11.5 Å². The molecule has 4 aromatic rings. The number of benzene rings is 3. The summed E-state index contributed by atoms with van der Waals surface area (Å²) in [4.78, 5) is 33.9. The first-order valence-electron chi connectivity index (χ1n) is 11.3. The summed E-state index contributed by atoms with van der Waals surface area (Å²) in [7, 11) is 1.49. The Morgan fingerprint density at radius 3 is 2.63 bits per heavy atom. The molecule has 176 valence electrons. The number of urea groups is 1. The molecule has 1 saturated heterocycles. The number of phenolic OH excluding ortho intramolecular Hbond substituents is 1. The minimum absolute atomic E-state index is 0.0150. The van der Waals surface area contributed by atoms with Crippen LogP contribution >= 0.6 is 15.9 Å². The van der Waals surface area contributed by atoms with Crippen molar-refractivity contribution in [2.24, 2.45) is 0 Å². The van der Waals surface area contributed by atoms with Crippen LogP contribution in [0.3, 0.4) is 0 Å². The van der Waals surface area contributed by atoms with Crippen LogP contribution in [-0.2, 0) is 17.8 Å². The molecule has 3 heterocycles. The summed E-state index contributed by atoms with van der Waals surface area (Å²) < 4.78 is 6.28. The Hall–Kier alpha value is -3.78. The third-order valence-corrected chi connectivity index (χ3v) is 7.44.